The molecule has 0 bridgehead atoms. The number of nitrogens with one attached hydrogen (secondary N) is 2. The number of hydrogen-bond donors (Lipinski definition) is 2. The molecule has 0 atom stereocenters. The van der Waals surface area contributed by atoms with Crippen molar-refractivity contribution in [1.82, 2.24) is 19.5 Å². The van der Waals surface area contributed by atoms with Gasteiger partial charge in [0.05, 0.1) is 18.0 Å². The van der Waals surface area contributed by atoms with E-state index in [2.05, 4.69) is 20.2 Å². The number of anilines is 3. The number of para-hydroxylation sites is 1. The maximum atomic E-state index is 14.3. The topological polar surface area (TPSA) is 76.9 Å². The summed E-state index contributed by atoms with van der Waals surface area (Å²) in [6.45, 7) is 0. The molecular weight excluding hydrogens is 407 g/mol. The predicted octanol–water partition coefficient (Wildman–Crippen LogP) is 5.83. The Morgan fingerprint density at radius 3 is 2.50 bits per heavy atom. The zero-order valence-electron chi connectivity index (χ0n) is 17.9. The summed E-state index contributed by atoms with van der Waals surface area (Å²) in [6.07, 6.45) is 10.8. The number of halogens is 1. The first-order valence-corrected chi connectivity index (χ1v) is 11.3. The van der Waals surface area contributed by atoms with Crippen molar-refractivity contribution < 1.29 is 9.13 Å². The van der Waals surface area contributed by atoms with Crippen LogP contribution in [0.5, 0.6) is 0 Å². The molecule has 0 amide bonds. The van der Waals surface area contributed by atoms with Crippen molar-refractivity contribution in [1.29, 1.82) is 0 Å². The van der Waals surface area contributed by atoms with Crippen LogP contribution in [-0.2, 0) is 4.74 Å². The second-order valence-corrected chi connectivity index (χ2v) is 8.60. The quantitative estimate of drug-likeness (QED) is 0.502. The summed E-state index contributed by atoms with van der Waals surface area (Å²) in [5.74, 6) is 0.955. The molecule has 5 rings (SSSR count). The largest absolute Gasteiger partial charge is 0.381 e. The van der Waals surface area contributed by atoms with E-state index in [1.54, 1.807) is 25.4 Å². The molecule has 7 nitrogen and oxygen atoms in total. The van der Waals surface area contributed by atoms with Crippen molar-refractivity contribution in [3.05, 3.63) is 36.3 Å². The molecule has 0 unspecified atom stereocenters. The van der Waals surface area contributed by atoms with Crippen molar-refractivity contribution in [3.8, 4) is 0 Å². The molecule has 172 valence electrons. The Balaban J connectivity index is 0.00000245. The van der Waals surface area contributed by atoms with E-state index < -0.39 is 0 Å². The molecule has 1 aromatic carbocycles. The van der Waals surface area contributed by atoms with E-state index in [1.165, 1.54) is 18.9 Å². The van der Waals surface area contributed by atoms with Crippen LogP contribution in [0.2, 0.25) is 0 Å². The monoisotopic (exact) mass is 440 g/mol. The van der Waals surface area contributed by atoms with E-state index in [0.717, 1.165) is 49.7 Å². The molecule has 0 radical (unpaired) electrons. The van der Waals surface area contributed by atoms with Gasteiger partial charge in [0.15, 0.2) is 5.65 Å². The van der Waals surface area contributed by atoms with Crippen LogP contribution < -0.4 is 10.6 Å². The van der Waals surface area contributed by atoms with Crippen molar-refractivity contribution in [2.45, 2.75) is 77.0 Å². The Kier molecular flexibility index (Phi) is 6.89. The fourth-order valence-electron chi connectivity index (χ4n) is 4.87. The maximum absolute atomic E-state index is 14.3. The van der Waals surface area contributed by atoms with Crippen molar-refractivity contribution in [2.24, 2.45) is 0 Å². The summed E-state index contributed by atoms with van der Waals surface area (Å²) in [6, 6.07) is 7.33. The van der Waals surface area contributed by atoms with E-state index in [9.17, 15) is 4.39 Å². The van der Waals surface area contributed by atoms with Gasteiger partial charge in [-0.25, -0.2) is 14.4 Å². The average molecular weight is 441 g/mol. The lowest BCUT2D eigenvalue weighted by Gasteiger charge is -2.28. The van der Waals surface area contributed by atoms with Gasteiger partial charge in [0.25, 0.3) is 0 Å². The van der Waals surface area contributed by atoms with Crippen LogP contribution in [0.15, 0.2) is 30.5 Å². The van der Waals surface area contributed by atoms with Gasteiger partial charge in [0.1, 0.15) is 11.3 Å². The number of imidazole rings is 1. The molecule has 0 aliphatic heterocycles. The number of aromatic nitrogens is 4. The van der Waals surface area contributed by atoms with Gasteiger partial charge in [-0.1, -0.05) is 32.4 Å². The summed E-state index contributed by atoms with van der Waals surface area (Å²) in [5.41, 5.74) is 1.94. The van der Waals surface area contributed by atoms with Gasteiger partial charge in [-0.2, -0.15) is 4.98 Å². The number of fused-ring (bicyclic) bond motifs is 1. The number of ether oxygens (including phenoxy) is 1. The first kappa shape index (κ1) is 22.5. The molecule has 3 aromatic rings. The van der Waals surface area contributed by atoms with E-state index in [-0.39, 0.29) is 13.2 Å². The molecule has 2 aliphatic carbocycles. The fourth-order valence-corrected chi connectivity index (χ4v) is 4.87. The highest BCUT2D eigenvalue weighted by Crippen LogP contribution is 2.36. The Morgan fingerprint density at radius 2 is 1.78 bits per heavy atom. The Labute approximate surface area is 188 Å². The smallest absolute Gasteiger partial charge is 0.224 e. The SMILES string of the molecule is C.COC1CCC(Nc2ncc3nc(Nc4ccccc4F)n(C4CCCC4)c3n2)CC1. The molecular formula is C24H33FN6O. The minimum absolute atomic E-state index is 0. The van der Waals surface area contributed by atoms with Gasteiger partial charge < -0.3 is 15.4 Å². The van der Waals surface area contributed by atoms with Crippen LogP contribution in [0, 0.1) is 5.82 Å². The van der Waals surface area contributed by atoms with Gasteiger partial charge in [0.2, 0.25) is 11.9 Å². The van der Waals surface area contributed by atoms with Crippen LogP contribution in [0.3, 0.4) is 0 Å². The number of methoxy groups -OCH3 is 1. The van der Waals surface area contributed by atoms with Crippen LogP contribution in [-0.4, -0.2) is 38.8 Å². The summed E-state index contributed by atoms with van der Waals surface area (Å²) in [4.78, 5) is 14.1. The summed E-state index contributed by atoms with van der Waals surface area (Å²) in [5, 5.41) is 6.70. The number of nitrogens with zero attached hydrogens (tertiary/aromatic N) is 4. The van der Waals surface area contributed by atoms with Crippen molar-refractivity contribution >= 4 is 28.7 Å². The van der Waals surface area contributed by atoms with E-state index in [1.807, 2.05) is 6.07 Å². The molecule has 2 aliphatic rings. The van der Waals surface area contributed by atoms with Crippen molar-refractivity contribution in [2.75, 3.05) is 17.7 Å². The summed E-state index contributed by atoms with van der Waals surface area (Å²) >= 11 is 0. The molecule has 8 heteroatoms. The van der Waals surface area contributed by atoms with Crippen LogP contribution in [0.4, 0.5) is 22.0 Å². The lowest BCUT2D eigenvalue weighted by atomic mass is 9.93. The van der Waals surface area contributed by atoms with E-state index in [0.29, 0.717) is 35.8 Å². The zero-order valence-corrected chi connectivity index (χ0v) is 17.9. The minimum Gasteiger partial charge on any atom is -0.381 e. The third kappa shape index (κ3) is 4.55. The molecule has 2 N–H and O–H groups in total. The fraction of sp³-hybridized carbons (Fsp3) is 0.542. The number of rotatable bonds is 6. The zero-order chi connectivity index (χ0) is 21.2. The molecule has 2 fully saturated rings. The normalized spacial score (nSPS) is 21.4. The summed E-state index contributed by atoms with van der Waals surface area (Å²) < 4.78 is 21.9. The molecule has 2 saturated carbocycles. The van der Waals surface area contributed by atoms with Gasteiger partial charge in [-0.05, 0) is 50.7 Å². The van der Waals surface area contributed by atoms with Crippen molar-refractivity contribution in [3.63, 3.8) is 0 Å². The second-order valence-electron chi connectivity index (χ2n) is 8.60. The standard InChI is InChI=1S/C23H29FN6O.CH4/c1-31-17-12-10-15(11-13-17)26-22-25-14-20-21(29-22)30(16-6-2-3-7-16)23(28-20)27-19-9-5-4-8-18(19)24;/h4-5,8-9,14-17H,2-3,6-7,10-13H2,1H3,(H,27,28)(H,25,26,29);1H4. The van der Waals surface area contributed by atoms with Crippen LogP contribution >= 0.6 is 0 Å². The highest BCUT2D eigenvalue weighted by molar-refractivity contribution is 5.76. The second kappa shape index (κ2) is 9.81. The maximum Gasteiger partial charge on any atom is 0.224 e. The van der Waals surface area contributed by atoms with Gasteiger partial charge in [-0.15, -0.1) is 0 Å². The highest BCUT2D eigenvalue weighted by atomic mass is 19.1. The lowest BCUT2D eigenvalue weighted by molar-refractivity contribution is 0.0681. The summed E-state index contributed by atoms with van der Waals surface area (Å²) in [7, 11) is 1.78. The van der Waals surface area contributed by atoms with E-state index in [4.69, 9.17) is 14.7 Å². The van der Waals surface area contributed by atoms with Gasteiger partial charge >= 0.3 is 0 Å². The lowest BCUT2D eigenvalue weighted by Crippen LogP contribution is -2.29. The Morgan fingerprint density at radius 1 is 1.03 bits per heavy atom. The first-order valence-electron chi connectivity index (χ1n) is 11.3. The van der Waals surface area contributed by atoms with E-state index >= 15 is 0 Å². The molecule has 0 spiro atoms. The highest BCUT2D eigenvalue weighted by Gasteiger charge is 2.26. The molecule has 2 heterocycles. The Hall–Kier alpha value is -2.74. The van der Waals surface area contributed by atoms with Crippen LogP contribution in [0.25, 0.3) is 11.2 Å². The van der Waals surface area contributed by atoms with Crippen LogP contribution in [0.1, 0.15) is 64.8 Å². The third-order valence-corrected chi connectivity index (χ3v) is 6.58. The van der Waals surface area contributed by atoms with Gasteiger partial charge in [0, 0.05) is 19.2 Å². The minimum atomic E-state index is -0.298. The molecule has 32 heavy (non-hydrogen) atoms. The molecule has 0 saturated heterocycles. The molecule has 2 aromatic heterocycles. The third-order valence-electron chi connectivity index (χ3n) is 6.58. The number of hydrogen-bond acceptors (Lipinski definition) is 6. The average Bonchev–Trinajstić information content (AvgIpc) is 3.43. The number of benzene rings is 1. The predicted molar refractivity (Wildman–Crippen MR) is 126 cm³/mol. The van der Waals surface area contributed by atoms with Gasteiger partial charge in [-0.3, -0.25) is 4.57 Å². The first-order chi connectivity index (χ1) is 15.2. The Bertz CT molecular complexity index is 1040.